The molecule has 0 aromatic carbocycles. The van der Waals surface area contributed by atoms with Gasteiger partial charge in [-0.1, -0.05) is 90.0 Å². The lowest BCUT2D eigenvalue weighted by Gasteiger charge is -2.53. The fourth-order valence-corrected chi connectivity index (χ4v) is 24.6. The Hall–Kier alpha value is -1.91. The summed E-state index contributed by atoms with van der Waals surface area (Å²) in [7, 11) is 7.97. The normalized spacial score (nSPS) is 46.4. The molecule has 50 nitrogen and oxygen atoms in total. The van der Waals surface area contributed by atoms with Crippen molar-refractivity contribution >= 4 is 31.2 Å². The highest BCUT2D eigenvalue weighted by molar-refractivity contribution is 7.81. The average molecular weight is 2240 g/mol. The van der Waals surface area contributed by atoms with Gasteiger partial charge in [0.15, 0.2) is 62.9 Å². The summed E-state index contributed by atoms with van der Waals surface area (Å²) in [5.74, 6) is -3.70. The molecule has 11 rings (SSSR count). The van der Waals surface area contributed by atoms with E-state index < -0.39 is 315 Å². The molecule has 3 N–H and O–H groups in total. The van der Waals surface area contributed by atoms with Crippen LogP contribution >= 0.6 is 0 Å². The summed E-state index contributed by atoms with van der Waals surface area (Å²) in [5, 5.41) is 0. The van der Waals surface area contributed by atoms with Crippen LogP contribution in [-0.2, 0) is 224 Å². The summed E-state index contributed by atoms with van der Waals surface area (Å²) in [5.41, 5.74) is 0. The molecule has 0 spiro atoms. The standard InChI is InChI=1S/C97H174O50S3/c1-43-44(2)69(58(33-107-16)124-56(43)14)140-92-76(117-26)53(11)73(62(129-92)37-111-20)138-90-51(9)47(5)71(60(127-90)35-109-18)142-94-78(119-28)55(13)75(64(131-94)39-113-22)139-91-52(10)48(6)72(61(128-91)36-110-19)141-93-77(118-27)54(12)74(63(130-93)38-112-21)137-89-50(8)46(4)70(59(126-89)34-108-17)136-88-49(7)45(3)68(57(15)125-88)135-95-86(122-31)83(146-149(101,102)103)80(66(133-95)41-115-24)144-97-87(123-32)84(147-150(104,105)106)81(67(134-97)42-116-25)143-96-85(121-30)82(145-148(98,99)100)79(120-29)65(132-96)40-114-23/h43-97H,33-42H2,1-32H3,(H,98,99,100)(H,101,102,103)(H,104,105,106)/t43?,44-,45?,46?,47-,48-,49?,50?,51?,52?,53+,54+,55+,56+,57+,58?,59+,60?,61?,62?,63?,64?,65?,66?,67?,68+,69+,70+,71+,72+,73+,74+,75+,76?,77?,78?,79-,80-,81-,82+,83+,84+,85?,86?,87?,88-,89+,90-,91-,92+,93+,94+,95+,96+,97+/m1/s1/i15T. The Labute approximate surface area is 885 Å². The largest absolute Gasteiger partial charge is 0.397 e. The molecule has 0 aliphatic carbocycles. The first kappa shape index (κ1) is 127. The Bertz CT molecular complexity index is 4290. The maximum Gasteiger partial charge on any atom is 0.397 e. The second-order valence-electron chi connectivity index (χ2n) is 41.4. The number of hydrogen-bond donors (Lipinski definition) is 3. The zero-order valence-corrected chi connectivity index (χ0v) is 94.7. The van der Waals surface area contributed by atoms with Gasteiger partial charge < -0.3 is 180 Å². The minimum atomic E-state index is -5.55. The maximum atomic E-state index is 13.2. The van der Waals surface area contributed by atoms with Crippen molar-refractivity contribution in [1.82, 2.24) is 0 Å². The average Bonchev–Trinajstić information content (AvgIpc) is 0.754. The lowest BCUT2D eigenvalue weighted by atomic mass is 9.81. The zero-order chi connectivity index (χ0) is 111. The molecule has 11 aliphatic rings. The van der Waals surface area contributed by atoms with Crippen LogP contribution in [0.2, 0.25) is 0 Å². The summed E-state index contributed by atoms with van der Waals surface area (Å²) in [6, 6.07) is 0. The van der Waals surface area contributed by atoms with Crippen LogP contribution in [0.1, 0.15) is 105 Å². The summed E-state index contributed by atoms with van der Waals surface area (Å²) >= 11 is 0. The van der Waals surface area contributed by atoms with Crippen LogP contribution in [0.4, 0.5) is 0 Å². The molecule has 0 aromatic heterocycles. The smallest absolute Gasteiger partial charge is 0.382 e. The minimum Gasteiger partial charge on any atom is -0.382 e. The van der Waals surface area contributed by atoms with E-state index in [1.807, 2.05) is 48.5 Å². The van der Waals surface area contributed by atoms with E-state index >= 15 is 0 Å². The third-order valence-electron chi connectivity index (χ3n) is 32.2. The Morgan fingerprint density at radius 1 is 0.180 bits per heavy atom. The second-order valence-corrected chi connectivity index (χ2v) is 44.5. The second kappa shape index (κ2) is 58.3. The Morgan fingerprint density at radius 3 is 0.587 bits per heavy atom. The van der Waals surface area contributed by atoms with Crippen LogP contribution in [0.25, 0.3) is 0 Å². The quantitative estimate of drug-likeness (QED) is 0.0715. The molecular weight excluding hydrogens is 2060 g/mol. The topological polar surface area (TPSA) is 542 Å². The molecule has 0 aromatic rings. The van der Waals surface area contributed by atoms with Crippen molar-refractivity contribution in [3.63, 3.8) is 0 Å². The summed E-state index contributed by atoms with van der Waals surface area (Å²) in [6.07, 6.45) is -45.0. The maximum absolute atomic E-state index is 13.2. The SMILES string of the molecule is [3H]C[C@@H]1O[C@H](O[C@H]2C(C)C(C)[C@H](O[C@@H]3C(COC)O[C@@H](O[C@@H]4C(COC)O[C@H](O[C@@H]5C(COC)O[C@@H](O[C@@H]6C(COC)O[C@H](O[C@@H]7C(COC)O[C@@H](O[C@@H]8C(COC)O[C@@H](C)C(C)[C@H]8C)C(OC)[C@H]7C)C(C)[C@H]6C)C(OC)[C@H]5C)C(C)[C@H]4C)C(OC)[C@H]3C)O[C@H]2COC)C(C)C(C)[C@@H]1O[C@@H]1OC(COC)[C@@H](O[C@@H]2OC(COC)[C@@H](O[C@@H]3OC(COC)[C@@H](OC)[C@H](OS(=O)(=O)O)C3OC)[C@H](OS(=O)(=O)O)C2OC)[C@H](OS(=O)(=O)O)C1OC. The molecular formula is C97H174O50S3. The van der Waals surface area contributed by atoms with Gasteiger partial charge in [-0.15, -0.1) is 0 Å². The molecule has 11 heterocycles. The van der Waals surface area contributed by atoms with E-state index in [2.05, 4.69) is 48.5 Å². The van der Waals surface area contributed by atoms with Gasteiger partial charge in [0, 0.05) is 164 Å². The van der Waals surface area contributed by atoms with Crippen molar-refractivity contribution < 1.29 is 233 Å². The third kappa shape index (κ3) is 30.6. The van der Waals surface area contributed by atoms with Crippen molar-refractivity contribution in [2.45, 2.75) is 362 Å². The van der Waals surface area contributed by atoms with E-state index in [0.717, 1.165) is 21.3 Å². The van der Waals surface area contributed by atoms with Gasteiger partial charge in [0.05, 0.1) is 127 Å². The van der Waals surface area contributed by atoms with Gasteiger partial charge in [-0.25, -0.2) is 12.5 Å². The molecule has 11 aliphatic heterocycles. The first-order valence-electron chi connectivity index (χ1n) is 52.1. The Balaban J connectivity index is 0.730. The van der Waals surface area contributed by atoms with Gasteiger partial charge in [0.2, 0.25) is 0 Å². The molecule has 150 heavy (non-hydrogen) atoms. The number of methoxy groups -OCH3 is 17. The first-order valence-corrected chi connectivity index (χ1v) is 55.5. The van der Waals surface area contributed by atoms with Gasteiger partial charge >= 0.3 is 31.2 Å². The Morgan fingerprint density at radius 2 is 0.353 bits per heavy atom. The van der Waals surface area contributed by atoms with Gasteiger partial charge in [-0.3, -0.25) is 13.7 Å². The van der Waals surface area contributed by atoms with Gasteiger partial charge in [0.25, 0.3) is 0 Å². The lowest BCUT2D eigenvalue weighted by molar-refractivity contribution is -0.388. The number of hydrogen-bond acceptors (Lipinski definition) is 47. The predicted molar refractivity (Wildman–Crippen MR) is 518 cm³/mol. The first-order chi connectivity index (χ1) is 71.8. The van der Waals surface area contributed by atoms with Crippen LogP contribution in [0.15, 0.2) is 0 Å². The predicted octanol–water partition coefficient (Wildman–Crippen LogP) is 4.30. The van der Waals surface area contributed by atoms with Crippen LogP contribution in [0.3, 0.4) is 0 Å². The fraction of sp³-hybridized carbons (Fsp3) is 1.00. The highest BCUT2D eigenvalue weighted by Gasteiger charge is 2.64. The van der Waals surface area contributed by atoms with Gasteiger partial charge in [-0.2, -0.15) is 25.3 Å². The molecule has 53 heteroatoms. The minimum absolute atomic E-state index is 0.00957. The molecule has 0 radical (unpaired) electrons. The van der Waals surface area contributed by atoms with E-state index in [1.165, 1.54) is 35.5 Å². The van der Waals surface area contributed by atoms with E-state index in [9.17, 15) is 38.9 Å². The van der Waals surface area contributed by atoms with Crippen molar-refractivity contribution in [2.75, 3.05) is 187 Å². The van der Waals surface area contributed by atoms with Gasteiger partial charge in [0.1, 0.15) is 134 Å². The molecule has 0 bridgehead atoms. The van der Waals surface area contributed by atoms with Crippen molar-refractivity contribution in [2.24, 2.45) is 76.9 Å². The lowest BCUT2D eigenvalue weighted by Crippen LogP contribution is -2.68. The molecule has 880 valence electrons. The van der Waals surface area contributed by atoms with Crippen LogP contribution in [0, 0.1) is 76.9 Å². The summed E-state index contributed by atoms with van der Waals surface area (Å²) < 4.78 is 376. The van der Waals surface area contributed by atoms with E-state index in [1.54, 1.807) is 64.0 Å². The summed E-state index contributed by atoms with van der Waals surface area (Å²) in [4.78, 5) is 0. The third-order valence-corrected chi connectivity index (χ3v) is 33.6. The van der Waals surface area contributed by atoms with Crippen molar-refractivity contribution in [1.29, 1.82) is 0 Å². The molecule has 11 fully saturated rings. The molecule has 11 saturated heterocycles. The van der Waals surface area contributed by atoms with Crippen LogP contribution in [-0.4, -0.2) is 484 Å². The molecule has 55 atom stereocenters. The fourth-order valence-electron chi connectivity index (χ4n) is 23.1. The van der Waals surface area contributed by atoms with Crippen molar-refractivity contribution in [3.05, 3.63) is 0 Å². The van der Waals surface area contributed by atoms with E-state index in [0.29, 0.717) is 6.61 Å². The van der Waals surface area contributed by atoms with Crippen molar-refractivity contribution in [3.8, 4) is 0 Å². The van der Waals surface area contributed by atoms with Crippen LogP contribution < -0.4 is 0 Å². The monoisotopic (exact) mass is 2240 g/mol. The van der Waals surface area contributed by atoms with E-state index in [-0.39, 0.29) is 118 Å². The number of rotatable bonds is 53. The highest BCUT2D eigenvalue weighted by atomic mass is 32.3. The zero-order valence-electron chi connectivity index (χ0n) is 93.3. The molecule has 22 unspecified atom stereocenters. The highest BCUT2D eigenvalue weighted by Crippen LogP contribution is 2.50. The molecule has 0 saturated carbocycles. The Kier molecular flexibility index (Phi) is 49.2. The summed E-state index contributed by atoms with van der Waals surface area (Å²) in [6.45, 7) is 27.8. The molecule has 0 amide bonds. The van der Waals surface area contributed by atoms with Crippen LogP contribution in [0.5, 0.6) is 0 Å². The van der Waals surface area contributed by atoms with Gasteiger partial charge in [-0.05, 0) is 49.3 Å². The van der Waals surface area contributed by atoms with E-state index in [4.69, 9.17) is 194 Å². The number of ether oxygens (including phenoxy) is 38.